The van der Waals surface area contributed by atoms with E-state index in [4.69, 9.17) is 9.57 Å². The van der Waals surface area contributed by atoms with E-state index in [0.717, 1.165) is 22.4 Å². The lowest BCUT2D eigenvalue weighted by Gasteiger charge is -2.21. The first kappa shape index (κ1) is 18.0. The molecule has 0 aliphatic carbocycles. The van der Waals surface area contributed by atoms with Crippen molar-refractivity contribution in [1.82, 2.24) is 0 Å². The molecule has 0 bridgehead atoms. The van der Waals surface area contributed by atoms with Crippen molar-refractivity contribution in [3.05, 3.63) is 107 Å². The van der Waals surface area contributed by atoms with Crippen molar-refractivity contribution in [1.29, 1.82) is 0 Å². The van der Waals surface area contributed by atoms with Gasteiger partial charge in [-0.25, -0.2) is 4.79 Å². The molecule has 3 aromatic rings. The lowest BCUT2D eigenvalue weighted by molar-refractivity contribution is -0.00738. The second kappa shape index (κ2) is 7.69. The number of carbonyl (C=O) groups excluding carboxylic acids is 1. The minimum Gasteiger partial charge on any atom is -0.457 e. The van der Waals surface area contributed by atoms with Gasteiger partial charge in [-0.3, -0.25) is 0 Å². The first-order valence-electron chi connectivity index (χ1n) is 9.26. The van der Waals surface area contributed by atoms with Gasteiger partial charge >= 0.3 is 5.97 Å². The molecule has 0 amide bonds. The second-order valence-electron chi connectivity index (χ2n) is 7.04. The Morgan fingerprint density at radius 1 is 0.964 bits per heavy atom. The minimum absolute atomic E-state index is 0.261. The summed E-state index contributed by atoms with van der Waals surface area (Å²) in [6.07, 6.45) is 0.675. The quantitative estimate of drug-likeness (QED) is 0.588. The highest BCUT2D eigenvalue weighted by molar-refractivity contribution is 6.02. The van der Waals surface area contributed by atoms with E-state index in [9.17, 15) is 4.79 Å². The Morgan fingerprint density at radius 2 is 1.61 bits per heavy atom. The van der Waals surface area contributed by atoms with E-state index in [1.54, 1.807) is 12.1 Å². The van der Waals surface area contributed by atoms with Crippen LogP contribution < -0.4 is 0 Å². The third-order valence-electron chi connectivity index (χ3n) is 4.91. The molecule has 0 aromatic heterocycles. The van der Waals surface area contributed by atoms with Crippen LogP contribution in [0.15, 0.2) is 90.1 Å². The molecule has 28 heavy (non-hydrogen) atoms. The Balaban J connectivity index is 1.40. The van der Waals surface area contributed by atoms with Gasteiger partial charge < -0.3 is 9.57 Å². The van der Waals surface area contributed by atoms with Crippen LogP contribution in [0.1, 0.15) is 40.4 Å². The summed E-state index contributed by atoms with van der Waals surface area (Å²) in [5.41, 5.74) is 3.92. The number of carbonyl (C=O) groups is 1. The summed E-state index contributed by atoms with van der Waals surface area (Å²) in [5.74, 6) is -0.339. The van der Waals surface area contributed by atoms with Crippen LogP contribution >= 0.6 is 0 Å². The normalized spacial score (nSPS) is 18.2. The van der Waals surface area contributed by atoms with Gasteiger partial charge in [-0.05, 0) is 35.7 Å². The van der Waals surface area contributed by atoms with Crippen molar-refractivity contribution in [3.8, 4) is 0 Å². The molecule has 1 unspecified atom stereocenters. The molecule has 0 N–H and O–H groups in total. The molecular formula is C24H21NO3. The van der Waals surface area contributed by atoms with E-state index < -0.39 is 5.60 Å². The first-order chi connectivity index (χ1) is 13.6. The van der Waals surface area contributed by atoms with Crippen LogP contribution in [0.5, 0.6) is 0 Å². The molecule has 0 spiro atoms. The van der Waals surface area contributed by atoms with E-state index in [0.29, 0.717) is 12.0 Å². The Kier molecular flexibility index (Phi) is 4.94. The monoisotopic (exact) mass is 371 g/mol. The van der Waals surface area contributed by atoms with E-state index >= 15 is 0 Å². The first-order valence-corrected chi connectivity index (χ1v) is 9.26. The molecular weight excluding hydrogens is 350 g/mol. The molecule has 1 aliphatic heterocycles. The Morgan fingerprint density at radius 3 is 2.29 bits per heavy atom. The second-order valence-corrected chi connectivity index (χ2v) is 7.04. The van der Waals surface area contributed by atoms with Gasteiger partial charge in [0.15, 0.2) is 5.60 Å². The lowest BCUT2D eigenvalue weighted by Crippen LogP contribution is -2.21. The summed E-state index contributed by atoms with van der Waals surface area (Å²) in [6, 6.07) is 27.0. The zero-order chi connectivity index (χ0) is 19.4. The van der Waals surface area contributed by atoms with Gasteiger partial charge in [0.25, 0.3) is 0 Å². The maximum Gasteiger partial charge on any atom is 0.338 e. The number of esters is 1. The van der Waals surface area contributed by atoms with Gasteiger partial charge in [0.05, 0.1) is 11.3 Å². The van der Waals surface area contributed by atoms with Gasteiger partial charge in [0.1, 0.15) is 6.61 Å². The Hall–Kier alpha value is -3.40. The molecule has 0 saturated heterocycles. The minimum atomic E-state index is -0.468. The predicted octanol–water partition coefficient (Wildman–Crippen LogP) is 5.08. The standard InChI is InChI=1S/C24H21NO3/c1-24(21-10-6-3-7-11-21)16-22(25-28-24)19-12-14-20(15-13-19)23(26)27-17-18-8-4-2-5-9-18/h2-15H,16-17H2,1H3. The van der Waals surface area contributed by atoms with Crippen LogP contribution in [0, 0.1) is 0 Å². The lowest BCUT2D eigenvalue weighted by atomic mass is 9.89. The molecule has 0 radical (unpaired) electrons. The van der Waals surface area contributed by atoms with Crippen molar-refractivity contribution >= 4 is 11.7 Å². The van der Waals surface area contributed by atoms with Crippen molar-refractivity contribution in [2.24, 2.45) is 5.16 Å². The van der Waals surface area contributed by atoms with Gasteiger partial charge in [-0.1, -0.05) is 78.0 Å². The maximum absolute atomic E-state index is 12.3. The molecule has 4 nitrogen and oxygen atoms in total. The molecule has 4 rings (SSSR count). The summed E-state index contributed by atoms with van der Waals surface area (Å²) in [4.78, 5) is 18.0. The zero-order valence-electron chi connectivity index (χ0n) is 15.7. The maximum atomic E-state index is 12.3. The zero-order valence-corrected chi connectivity index (χ0v) is 15.7. The van der Waals surface area contributed by atoms with Crippen molar-refractivity contribution in [2.45, 2.75) is 25.6 Å². The van der Waals surface area contributed by atoms with E-state index in [2.05, 4.69) is 5.16 Å². The molecule has 1 heterocycles. The number of hydrogen-bond donors (Lipinski definition) is 0. The average Bonchev–Trinajstić information content (AvgIpc) is 3.17. The van der Waals surface area contributed by atoms with Crippen LogP contribution in [-0.2, 0) is 21.8 Å². The average molecular weight is 371 g/mol. The third kappa shape index (κ3) is 3.81. The summed E-state index contributed by atoms with van der Waals surface area (Å²) >= 11 is 0. The fourth-order valence-corrected chi connectivity index (χ4v) is 3.25. The van der Waals surface area contributed by atoms with E-state index in [-0.39, 0.29) is 12.6 Å². The van der Waals surface area contributed by atoms with Crippen molar-refractivity contribution < 1.29 is 14.4 Å². The number of nitrogens with zero attached hydrogens (tertiary/aromatic N) is 1. The molecule has 4 heteroatoms. The number of oxime groups is 1. The Labute approximate surface area is 164 Å². The number of benzene rings is 3. The van der Waals surface area contributed by atoms with E-state index in [1.807, 2.05) is 79.7 Å². The van der Waals surface area contributed by atoms with E-state index in [1.165, 1.54) is 0 Å². The van der Waals surface area contributed by atoms with Crippen LogP contribution in [-0.4, -0.2) is 11.7 Å². The molecule has 3 aromatic carbocycles. The fraction of sp³-hybridized carbons (Fsp3) is 0.167. The summed E-state index contributed by atoms with van der Waals surface area (Å²) < 4.78 is 5.38. The molecule has 0 saturated carbocycles. The van der Waals surface area contributed by atoms with Crippen LogP contribution in [0.25, 0.3) is 0 Å². The fourth-order valence-electron chi connectivity index (χ4n) is 3.25. The number of ether oxygens (including phenoxy) is 1. The topological polar surface area (TPSA) is 47.9 Å². The summed E-state index contributed by atoms with van der Waals surface area (Å²) in [6.45, 7) is 2.30. The third-order valence-corrected chi connectivity index (χ3v) is 4.91. The predicted molar refractivity (Wildman–Crippen MR) is 108 cm³/mol. The van der Waals surface area contributed by atoms with Crippen molar-refractivity contribution in [2.75, 3.05) is 0 Å². The highest BCUT2D eigenvalue weighted by atomic mass is 16.7. The SMILES string of the molecule is CC1(c2ccccc2)CC(c2ccc(C(=O)OCc3ccccc3)cc2)=NO1. The van der Waals surface area contributed by atoms with Crippen LogP contribution in [0.4, 0.5) is 0 Å². The molecule has 1 aliphatic rings. The van der Waals surface area contributed by atoms with Crippen LogP contribution in [0.2, 0.25) is 0 Å². The Bertz CT molecular complexity index is 981. The molecule has 1 atom stereocenters. The summed E-state index contributed by atoms with van der Waals surface area (Å²) in [7, 11) is 0. The highest BCUT2D eigenvalue weighted by Gasteiger charge is 2.36. The largest absolute Gasteiger partial charge is 0.457 e. The highest BCUT2D eigenvalue weighted by Crippen LogP contribution is 2.35. The number of rotatable bonds is 5. The van der Waals surface area contributed by atoms with Gasteiger partial charge in [0, 0.05) is 6.42 Å². The molecule has 0 fully saturated rings. The molecule has 140 valence electrons. The van der Waals surface area contributed by atoms with Gasteiger partial charge in [-0.2, -0.15) is 0 Å². The van der Waals surface area contributed by atoms with Gasteiger partial charge in [-0.15, -0.1) is 0 Å². The van der Waals surface area contributed by atoms with Crippen molar-refractivity contribution in [3.63, 3.8) is 0 Å². The van der Waals surface area contributed by atoms with Crippen LogP contribution in [0.3, 0.4) is 0 Å². The summed E-state index contributed by atoms with van der Waals surface area (Å²) in [5, 5.41) is 4.29. The smallest absolute Gasteiger partial charge is 0.338 e. The number of hydrogen-bond acceptors (Lipinski definition) is 4. The van der Waals surface area contributed by atoms with Gasteiger partial charge in [0.2, 0.25) is 0 Å².